The van der Waals surface area contributed by atoms with Crippen molar-refractivity contribution >= 4 is 40.9 Å². The summed E-state index contributed by atoms with van der Waals surface area (Å²) < 4.78 is 10.4. The summed E-state index contributed by atoms with van der Waals surface area (Å²) in [5.41, 5.74) is 3.52. The number of H-pyrrole nitrogens is 1. The van der Waals surface area contributed by atoms with Gasteiger partial charge in [-0.15, -0.1) is 0 Å². The number of benzene rings is 2. The van der Waals surface area contributed by atoms with Crippen molar-refractivity contribution in [1.29, 1.82) is 0 Å². The van der Waals surface area contributed by atoms with E-state index in [1.54, 1.807) is 36.5 Å². The van der Waals surface area contributed by atoms with E-state index in [4.69, 9.17) is 9.47 Å². The molecular weight excluding hydrogens is 470 g/mol. The van der Waals surface area contributed by atoms with Crippen molar-refractivity contribution in [3.05, 3.63) is 58.9 Å². The van der Waals surface area contributed by atoms with E-state index in [-0.39, 0.29) is 18.1 Å². The second kappa shape index (κ2) is 10.2. The van der Waals surface area contributed by atoms with E-state index in [2.05, 4.69) is 45.5 Å². The molecular formula is C25H25N3O4S2. The molecule has 9 heteroatoms. The smallest absolute Gasteiger partial charge is 0.325 e. The monoisotopic (exact) mass is 495 g/mol. The van der Waals surface area contributed by atoms with Crippen LogP contribution in [0.1, 0.15) is 6.92 Å². The zero-order chi connectivity index (χ0) is 23.5. The molecule has 1 saturated heterocycles. The molecule has 1 fully saturated rings. The van der Waals surface area contributed by atoms with E-state index in [1.807, 2.05) is 12.1 Å². The SMILES string of the molecule is CCOC(=O)CNc1ccc2c(c1)Sc1cccc(-c3cc(N4CCOCC4)cc(=O)[nH]3)c1S2. The molecule has 0 aliphatic carbocycles. The molecule has 0 amide bonds. The highest BCUT2D eigenvalue weighted by atomic mass is 32.2. The lowest BCUT2D eigenvalue weighted by Gasteiger charge is -2.29. The van der Waals surface area contributed by atoms with E-state index in [0.29, 0.717) is 19.8 Å². The third kappa shape index (κ3) is 4.96. The topological polar surface area (TPSA) is 83.7 Å². The maximum Gasteiger partial charge on any atom is 0.325 e. The number of hydrogen-bond acceptors (Lipinski definition) is 8. The Labute approximate surface area is 206 Å². The van der Waals surface area contributed by atoms with Crippen LogP contribution in [0.2, 0.25) is 0 Å². The van der Waals surface area contributed by atoms with Crippen molar-refractivity contribution in [2.24, 2.45) is 0 Å². The van der Waals surface area contributed by atoms with E-state index in [9.17, 15) is 9.59 Å². The number of ether oxygens (including phenoxy) is 2. The number of nitrogens with one attached hydrogen (secondary N) is 2. The fourth-order valence-corrected chi connectivity index (χ4v) is 6.40. The Kier molecular flexibility index (Phi) is 6.85. The van der Waals surface area contributed by atoms with Crippen LogP contribution in [0.5, 0.6) is 0 Å². The molecule has 2 aliphatic heterocycles. The minimum Gasteiger partial charge on any atom is -0.465 e. The number of carbonyl (C=O) groups excluding carboxylic acids is 1. The number of anilines is 2. The Morgan fingerprint density at radius 3 is 2.76 bits per heavy atom. The zero-order valence-corrected chi connectivity index (χ0v) is 20.4. The third-order valence-corrected chi connectivity index (χ3v) is 8.19. The van der Waals surface area contributed by atoms with Gasteiger partial charge < -0.3 is 24.7 Å². The number of aromatic amines is 1. The molecule has 0 saturated carbocycles. The van der Waals surface area contributed by atoms with Gasteiger partial charge in [-0.1, -0.05) is 35.7 Å². The van der Waals surface area contributed by atoms with Gasteiger partial charge in [-0.2, -0.15) is 0 Å². The molecule has 3 heterocycles. The van der Waals surface area contributed by atoms with Crippen LogP contribution in [0.25, 0.3) is 11.3 Å². The number of hydrogen-bond donors (Lipinski definition) is 2. The lowest BCUT2D eigenvalue weighted by Crippen LogP contribution is -2.36. The second-order valence-electron chi connectivity index (χ2n) is 7.87. The molecule has 7 nitrogen and oxygen atoms in total. The lowest BCUT2D eigenvalue weighted by molar-refractivity contribution is -0.140. The van der Waals surface area contributed by atoms with Crippen LogP contribution in [-0.2, 0) is 14.3 Å². The highest BCUT2D eigenvalue weighted by Crippen LogP contribution is 2.52. The predicted molar refractivity (Wildman–Crippen MR) is 135 cm³/mol. The standard InChI is InChI=1S/C25H25N3O4S2/c1-2-32-24(30)15-26-16-6-7-20-22(12-16)33-21-5-3-4-18(25(21)34-20)19-13-17(14-23(29)27-19)28-8-10-31-11-9-28/h3-7,12-14,26H,2,8-11,15H2,1H3,(H,27,29). The van der Waals surface area contributed by atoms with Crippen LogP contribution in [0.15, 0.2) is 72.9 Å². The molecule has 0 atom stereocenters. The first-order valence-corrected chi connectivity index (χ1v) is 12.8. The number of aromatic nitrogens is 1. The summed E-state index contributed by atoms with van der Waals surface area (Å²) in [4.78, 5) is 33.9. The molecule has 3 aromatic rings. The Morgan fingerprint density at radius 1 is 1.09 bits per heavy atom. The molecule has 0 bridgehead atoms. The minimum absolute atomic E-state index is 0.109. The van der Waals surface area contributed by atoms with E-state index < -0.39 is 0 Å². The highest BCUT2D eigenvalue weighted by Gasteiger charge is 2.22. The van der Waals surface area contributed by atoms with Crippen LogP contribution in [0, 0.1) is 0 Å². The maximum absolute atomic E-state index is 12.5. The Bertz CT molecular complexity index is 1270. The normalized spacial score (nSPS) is 14.8. The summed E-state index contributed by atoms with van der Waals surface area (Å²) in [6.45, 7) is 5.20. The Balaban J connectivity index is 1.42. The average molecular weight is 496 g/mol. The number of nitrogens with zero attached hydrogens (tertiary/aromatic N) is 1. The van der Waals surface area contributed by atoms with Gasteiger partial charge >= 0.3 is 5.97 Å². The first kappa shape index (κ1) is 22.9. The number of pyridine rings is 1. The maximum atomic E-state index is 12.5. The van der Waals surface area contributed by atoms with Crippen molar-refractivity contribution in [1.82, 2.24) is 4.98 Å². The van der Waals surface area contributed by atoms with E-state index in [0.717, 1.165) is 55.3 Å². The molecule has 2 aliphatic rings. The molecule has 2 N–H and O–H groups in total. The van der Waals surface area contributed by atoms with Gasteiger partial charge in [0.1, 0.15) is 6.54 Å². The van der Waals surface area contributed by atoms with Crippen LogP contribution < -0.4 is 15.8 Å². The quantitative estimate of drug-likeness (QED) is 0.379. The minimum atomic E-state index is -0.273. The largest absolute Gasteiger partial charge is 0.465 e. The zero-order valence-electron chi connectivity index (χ0n) is 18.8. The van der Waals surface area contributed by atoms with Crippen molar-refractivity contribution < 1.29 is 14.3 Å². The highest BCUT2D eigenvalue weighted by molar-refractivity contribution is 8.05. The molecule has 34 heavy (non-hydrogen) atoms. The molecule has 176 valence electrons. The molecule has 2 aromatic carbocycles. The number of morpholine rings is 1. The Hall–Kier alpha value is -2.88. The number of fused-ring (bicyclic) bond motifs is 2. The van der Waals surface area contributed by atoms with E-state index in [1.165, 1.54) is 0 Å². The van der Waals surface area contributed by atoms with Gasteiger partial charge in [-0.25, -0.2) is 0 Å². The summed E-state index contributed by atoms with van der Waals surface area (Å²) in [6.07, 6.45) is 0. The van der Waals surface area contributed by atoms with Gasteiger partial charge in [0, 0.05) is 55.7 Å². The summed E-state index contributed by atoms with van der Waals surface area (Å²) in [5.74, 6) is -0.273. The van der Waals surface area contributed by atoms with Gasteiger partial charge in [-0.05, 0) is 37.3 Å². The predicted octanol–water partition coefficient (Wildman–Crippen LogP) is 4.47. The lowest BCUT2D eigenvalue weighted by atomic mass is 10.1. The molecule has 0 spiro atoms. The molecule has 5 rings (SSSR count). The van der Waals surface area contributed by atoms with Crippen molar-refractivity contribution in [2.45, 2.75) is 26.5 Å². The molecule has 0 radical (unpaired) electrons. The summed E-state index contributed by atoms with van der Waals surface area (Å²) in [7, 11) is 0. The number of carbonyl (C=O) groups is 1. The van der Waals surface area contributed by atoms with Crippen molar-refractivity contribution in [3.8, 4) is 11.3 Å². The summed E-state index contributed by atoms with van der Waals surface area (Å²) >= 11 is 3.39. The first-order valence-electron chi connectivity index (χ1n) is 11.2. The van der Waals surface area contributed by atoms with Crippen LogP contribution in [-0.4, -0.2) is 50.4 Å². The van der Waals surface area contributed by atoms with Crippen LogP contribution in [0.4, 0.5) is 11.4 Å². The number of rotatable bonds is 6. The average Bonchev–Trinajstić information content (AvgIpc) is 2.86. The Morgan fingerprint density at radius 2 is 1.94 bits per heavy atom. The second-order valence-corrected chi connectivity index (χ2v) is 10.0. The fourth-order valence-electron chi connectivity index (χ4n) is 3.99. The van der Waals surface area contributed by atoms with Gasteiger partial charge in [0.25, 0.3) is 0 Å². The van der Waals surface area contributed by atoms with Crippen LogP contribution >= 0.6 is 23.5 Å². The third-order valence-electron chi connectivity index (χ3n) is 5.59. The van der Waals surface area contributed by atoms with Gasteiger partial charge in [0.15, 0.2) is 0 Å². The van der Waals surface area contributed by atoms with Crippen LogP contribution in [0.3, 0.4) is 0 Å². The molecule has 1 aromatic heterocycles. The molecule has 0 unspecified atom stereocenters. The summed E-state index contributed by atoms with van der Waals surface area (Å²) in [5, 5.41) is 3.13. The number of esters is 1. The van der Waals surface area contributed by atoms with Gasteiger partial charge in [-0.3, -0.25) is 9.59 Å². The fraction of sp³-hybridized carbons (Fsp3) is 0.280. The van der Waals surface area contributed by atoms with Gasteiger partial charge in [0.05, 0.1) is 25.5 Å². The van der Waals surface area contributed by atoms with Crippen molar-refractivity contribution in [2.75, 3.05) is 49.7 Å². The van der Waals surface area contributed by atoms with Gasteiger partial charge in [0.2, 0.25) is 5.56 Å². The summed E-state index contributed by atoms with van der Waals surface area (Å²) in [6, 6.07) is 16.0. The first-order chi connectivity index (χ1) is 16.6. The van der Waals surface area contributed by atoms with Crippen molar-refractivity contribution in [3.63, 3.8) is 0 Å². The van der Waals surface area contributed by atoms with E-state index >= 15 is 0 Å².